The lowest BCUT2D eigenvalue weighted by molar-refractivity contribution is -0.117. The summed E-state index contributed by atoms with van der Waals surface area (Å²) in [5.41, 5.74) is 6.57. The van der Waals surface area contributed by atoms with E-state index in [1.807, 2.05) is 47.4 Å². The van der Waals surface area contributed by atoms with Crippen LogP contribution in [0.25, 0.3) is 11.0 Å². The van der Waals surface area contributed by atoms with Crippen molar-refractivity contribution in [3.8, 4) is 5.75 Å². The van der Waals surface area contributed by atoms with E-state index in [0.717, 1.165) is 28.3 Å². The molecule has 1 aliphatic heterocycles. The Morgan fingerprint density at radius 1 is 0.970 bits per heavy atom. The van der Waals surface area contributed by atoms with Crippen LogP contribution in [-0.2, 0) is 11.3 Å². The number of carbonyl (C=O) groups is 1. The van der Waals surface area contributed by atoms with Gasteiger partial charge in [0.15, 0.2) is 0 Å². The Bertz CT molecular complexity index is 1310. The molecular formula is C28H29N3O2. The first kappa shape index (κ1) is 21.3. The fourth-order valence-electron chi connectivity index (χ4n) is 4.62. The van der Waals surface area contributed by atoms with Gasteiger partial charge in [-0.1, -0.05) is 42.0 Å². The molecule has 0 saturated carbocycles. The smallest absolute Gasteiger partial charge is 0.227 e. The van der Waals surface area contributed by atoms with Crippen molar-refractivity contribution >= 4 is 22.6 Å². The average molecular weight is 440 g/mol. The molecule has 1 amide bonds. The highest BCUT2D eigenvalue weighted by Gasteiger charge is 2.34. The van der Waals surface area contributed by atoms with E-state index in [0.29, 0.717) is 26.1 Å². The Hall–Kier alpha value is -3.60. The molecule has 3 aromatic carbocycles. The molecule has 1 aromatic heterocycles. The topological polar surface area (TPSA) is 47.4 Å². The third-order valence-electron chi connectivity index (χ3n) is 6.65. The highest BCUT2D eigenvalue weighted by Crippen LogP contribution is 2.33. The number of hydrogen-bond acceptors (Lipinski definition) is 3. The molecule has 0 aliphatic carbocycles. The number of aromatic nitrogens is 2. The highest BCUT2D eigenvalue weighted by atomic mass is 16.5. The van der Waals surface area contributed by atoms with Crippen LogP contribution in [-0.4, -0.2) is 28.6 Å². The number of ether oxygens (including phenoxy) is 1. The van der Waals surface area contributed by atoms with Gasteiger partial charge in [0.05, 0.1) is 17.6 Å². The van der Waals surface area contributed by atoms with Gasteiger partial charge in [-0.2, -0.15) is 0 Å². The summed E-state index contributed by atoms with van der Waals surface area (Å²) in [6, 6.07) is 22.5. The maximum atomic E-state index is 12.9. The molecule has 1 saturated heterocycles. The molecule has 0 unspecified atom stereocenters. The molecule has 1 aliphatic rings. The Kier molecular flexibility index (Phi) is 5.63. The van der Waals surface area contributed by atoms with Crippen LogP contribution in [0.2, 0.25) is 0 Å². The maximum Gasteiger partial charge on any atom is 0.227 e. The SMILES string of the molecule is Cc1ccc(N2C[C@@H](c3nc4ccccc4n3CCOc3cccc(C)c3C)CC2=O)cc1. The van der Waals surface area contributed by atoms with E-state index in [9.17, 15) is 4.79 Å². The predicted molar refractivity (Wildman–Crippen MR) is 132 cm³/mol. The molecule has 1 fully saturated rings. The van der Waals surface area contributed by atoms with E-state index in [1.54, 1.807) is 0 Å². The number of carbonyl (C=O) groups excluding carboxylic acids is 1. The lowest BCUT2D eigenvalue weighted by Crippen LogP contribution is -2.24. The van der Waals surface area contributed by atoms with E-state index in [-0.39, 0.29) is 11.8 Å². The minimum atomic E-state index is 0.0481. The molecular weight excluding hydrogens is 410 g/mol. The monoisotopic (exact) mass is 439 g/mol. The van der Waals surface area contributed by atoms with Crippen LogP contribution in [0.15, 0.2) is 66.7 Å². The Morgan fingerprint density at radius 3 is 2.58 bits per heavy atom. The number of anilines is 1. The summed E-state index contributed by atoms with van der Waals surface area (Å²) in [5, 5.41) is 0. The van der Waals surface area contributed by atoms with Crippen molar-refractivity contribution in [1.29, 1.82) is 0 Å². The van der Waals surface area contributed by atoms with E-state index in [1.165, 1.54) is 16.7 Å². The molecule has 0 radical (unpaired) electrons. The van der Waals surface area contributed by atoms with Gasteiger partial charge in [-0.15, -0.1) is 0 Å². The first-order chi connectivity index (χ1) is 16.0. The second-order valence-corrected chi connectivity index (χ2v) is 8.90. The fourth-order valence-corrected chi connectivity index (χ4v) is 4.62. The molecule has 0 bridgehead atoms. The zero-order valence-electron chi connectivity index (χ0n) is 19.4. The number of fused-ring (bicyclic) bond motifs is 1. The van der Waals surface area contributed by atoms with Crippen molar-refractivity contribution in [1.82, 2.24) is 9.55 Å². The summed E-state index contributed by atoms with van der Waals surface area (Å²) < 4.78 is 8.39. The number of hydrogen-bond donors (Lipinski definition) is 0. The number of imidazole rings is 1. The van der Waals surface area contributed by atoms with Crippen LogP contribution in [0.4, 0.5) is 5.69 Å². The molecule has 1 atom stereocenters. The normalized spacial score (nSPS) is 16.0. The van der Waals surface area contributed by atoms with Gasteiger partial charge in [-0.3, -0.25) is 4.79 Å². The minimum Gasteiger partial charge on any atom is -0.491 e. The summed E-state index contributed by atoms with van der Waals surface area (Å²) in [4.78, 5) is 19.7. The van der Waals surface area contributed by atoms with Crippen molar-refractivity contribution in [2.75, 3.05) is 18.1 Å². The number of aryl methyl sites for hydroxylation is 2. The predicted octanol–water partition coefficient (Wildman–Crippen LogP) is 5.56. The summed E-state index contributed by atoms with van der Waals surface area (Å²) in [5.74, 6) is 2.08. The Balaban J connectivity index is 1.40. The van der Waals surface area contributed by atoms with E-state index >= 15 is 0 Å². The molecule has 0 spiro atoms. The highest BCUT2D eigenvalue weighted by molar-refractivity contribution is 5.96. The van der Waals surface area contributed by atoms with E-state index in [2.05, 4.69) is 49.6 Å². The summed E-state index contributed by atoms with van der Waals surface area (Å²) in [6.07, 6.45) is 0.467. The number of amides is 1. The van der Waals surface area contributed by atoms with E-state index < -0.39 is 0 Å². The number of benzene rings is 3. The van der Waals surface area contributed by atoms with Crippen LogP contribution in [0.5, 0.6) is 5.75 Å². The average Bonchev–Trinajstić information content (AvgIpc) is 3.38. The molecule has 5 nitrogen and oxygen atoms in total. The van der Waals surface area contributed by atoms with Crippen LogP contribution in [0, 0.1) is 20.8 Å². The summed E-state index contributed by atoms with van der Waals surface area (Å²) in [6.45, 7) is 8.11. The van der Waals surface area contributed by atoms with Crippen molar-refractivity contribution in [2.45, 2.75) is 39.7 Å². The van der Waals surface area contributed by atoms with Gasteiger partial charge in [0.25, 0.3) is 0 Å². The Morgan fingerprint density at radius 2 is 1.76 bits per heavy atom. The first-order valence-electron chi connectivity index (χ1n) is 11.5. The molecule has 2 heterocycles. The zero-order valence-corrected chi connectivity index (χ0v) is 19.4. The third-order valence-corrected chi connectivity index (χ3v) is 6.65. The van der Waals surface area contributed by atoms with Gasteiger partial charge < -0.3 is 14.2 Å². The molecule has 168 valence electrons. The van der Waals surface area contributed by atoms with Gasteiger partial charge in [-0.05, 0) is 62.2 Å². The molecule has 5 heteroatoms. The molecule has 0 N–H and O–H groups in total. The first-order valence-corrected chi connectivity index (χ1v) is 11.5. The molecule has 4 aromatic rings. The van der Waals surface area contributed by atoms with Crippen molar-refractivity contribution in [3.05, 3.63) is 89.2 Å². The van der Waals surface area contributed by atoms with Crippen LogP contribution >= 0.6 is 0 Å². The number of nitrogens with zero attached hydrogens (tertiary/aromatic N) is 3. The lowest BCUT2D eigenvalue weighted by atomic mass is 10.1. The van der Waals surface area contributed by atoms with Crippen LogP contribution in [0.3, 0.4) is 0 Å². The van der Waals surface area contributed by atoms with Crippen molar-refractivity contribution in [3.63, 3.8) is 0 Å². The Labute approximate surface area is 194 Å². The maximum absolute atomic E-state index is 12.9. The second kappa shape index (κ2) is 8.74. The molecule has 5 rings (SSSR count). The van der Waals surface area contributed by atoms with Gasteiger partial charge >= 0.3 is 0 Å². The van der Waals surface area contributed by atoms with Gasteiger partial charge in [0, 0.05) is 24.6 Å². The van der Waals surface area contributed by atoms with E-state index in [4.69, 9.17) is 9.72 Å². The second-order valence-electron chi connectivity index (χ2n) is 8.90. The van der Waals surface area contributed by atoms with Gasteiger partial charge in [0.1, 0.15) is 18.2 Å². The quantitative estimate of drug-likeness (QED) is 0.395. The minimum absolute atomic E-state index is 0.0481. The zero-order chi connectivity index (χ0) is 22.9. The van der Waals surface area contributed by atoms with Crippen molar-refractivity contribution < 1.29 is 9.53 Å². The molecule has 33 heavy (non-hydrogen) atoms. The van der Waals surface area contributed by atoms with Gasteiger partial charge in [0.2, 0.25) is 5.91 Å². The van der Waals surface area contributed by atoms with Crippen LogP contribution < -0.4 is 9.64 Å². The standard InChI is InChI=1S/C28H29N3O2/c1-19-11-13-23(14-12-19)31-18-22(17-27(31)32)28-29-24-8-4-5-9-25(24)30(28)15-16-33-26-10-6-7-20(2)21(26)3/h4-14,22H,15-18H2,1-3H3/t22-/m0/s1. The number of para-hydroxylation sites is 2. The van der Waals surface area contributed by atoms with Crippen LogP contribution in [0.1, 0.15) is 34.9 Å². The lowest BCUT2D eigenvalue weighted by Gasteiger charge is -2.18. The largest absolute Gasteiger partial charge is 0.491 e. The van der Waals surface area contributed by atoms with Gasteiger partial charge in [-0.25, -0.2) is 4.98 Å². The summed E-state index contributed by atoms with van der Waals surface area (Å²) >= 11 is 0. The number of rotatable bonds is 6. The fraction of sp³-hybridized carbons (Fsp3) is 0.286. The third kappa shape index (κ3) is 4.11. The van der Waals surface area contributed by atoms with Crippen molar-refractivity contribution in [2.24, 2.45) is 0 Å². The summed E-state index contributed by atoms with van der Waals surface area (Å²) in [7, 11) is 0.